The maximum Gasteiger partial charge on any atom is 0.234 e. The van der Waals surface area contributed by atoms with Crippen molar-refractivity contribution in [1.82, 2.24) is 4.98 Å². The molecule has 0 radical (unpaired) electrons. The van der Waals surface area contributed by atoms with Crippen molar-refractivity contribution in [2.75, 3.05) is 17.2 Å². The van der Waals surface area contributed by atoms with Crippen molar-refractivity contribution in [2.45, 2.75) is 58.8 Å². The molecular formula is C26H31N3O2S. The quantitative estimate of drug-likeness (QED) is 0.626. The standard InChI is InChI=1S/C26H31N3O2S/c1-16(2)23-12-11-19(13-27-23)29(14-25-18(4)28-17(3)15-32-25)26(31)22-9-5-8-21-20(22)7-6-10-24(21)30/h6-7,10-13,16,22,30H,5,8-9,14-15H2,1-4H3. The van der Waals surface area contributed by atoms with Crippen LogP contribution in [0.1, 0.15) is 69.2 Å². The van der Waals surface area contributed by atoms with E-state index in [2.05, 4.69) is 23.8 Å². The van der Waals surface area contributed by atoms with Gasteiger partial charge in [0, 0.05) is 27.8 Å². The van der Waals surface area contributed by atoms with Crippen LogP contribution in [0.5, 0.6) is 5.75 Å². The van der Waals surface area contributed by atoms with Crippen LogP contribution in [0.3, 0.4) is 0 Å². The lowest BCUT2D eigenvalue weighted by atomic mass is 9.81. The molecule has 1 unspecified atom stereocenters. The fraction of sp³-hybridized carbons (Fsp3) is 0.423. The van der Waals surface area contributed by atoms with E-state index in [4.69, 9.17) is 0 Å². The maximum atomic E-state index is 14.0. The number of hydrogen-bond donors (Lipinski definition) is 1. The van der Waals surface area contributed by atoms with E-state index < -0.39 is 0 Å². The van der Waals surface area contributed by atoms with Gasteiger partial charge in [-0.3, -0.25) is 14.8 Å². The highest BCUT2D eigenvalue weighted by Crippen LogP contribution is 2.39. The normalized spacial score (nSPS) is 18.4. The minimum Gasteiger partial charge on any atom is -0.508 e. The minimum absolute atomic E-state index is 0.0582. The number of phenolic OH excluding ortho intramolecular Hbond substituents is 1. The molecule has 0 saturated carbocycles. The summed E-state index contributed by atoms with van der Waals surface area (Å²) in [5.41, 5.74) is 5.76. The van der Waals surface area contributed by atoms with Gasteiger partial charge >= 0.3 is 0 Å². The molecule has 1 aromatic carbocycles. The second-order valence-corrected chi connectivity index (χ2v) is 10.0. The van der Waals surface area contributed by atoms with Gasteiger partial charge in [0.2, 0.25) is 5.91 Å². The topological polar surface area (TPSA) is 65.8 Å². The molecule has 0 saturated heterocycles. The van der Waals surface area contributed by atoms with E-state index in [0.29, 0.717) is 18.2 Å². The highest BCUT2D eigenvalue weighted by Gasteiger charge is 2.33. The first kappa shape index (κ1) is 22.6. The fourth-order valence-electron chi connectivity index (χ4n) is 4.45. The van der Waals surface area contributed by atoms with E-state index in [1.54, 1.807) is 17.8 Å². The predicted octanol–water partition coefficient (Wildman–Crippen LogP) is 5.80. The molecule has 1 atom stereocenters. The zero-order chi connectivity index (χ0) is 22.8. The zero-order valence-electron chi connectivity index (χ0n) is 19.3. The number of nitrogens with zero attached hydrogens (tertiary/aromatic N) is 3. The van der Waals surface area contributed by atoms with Crippen molar-refractivity contribution in [3.8, 4) is 5.75 Å². The Balaban J connectivity index is 1.72. The molecule has 2 aromatic rings. The van der Waals surface area contributed by atoms with Crippen LogP contribution in [0, 0.1) is 0 Å². The van der Waals surface area contributed by atoms with Gasteiger partial charge in [0.15, 0.2) is 0 Å². The number of fused-ring (bicyclic) bond motifs is 1. The number of allylic oxidation sites excluding steroid dienone is 1. The lowest BCUT2D eigenvalue weighted by Gasteiger charge is -2.32. The molecule has 168 valence electrons. The molecule has 0 fully saturated rings. The Morgan fingerprint density at radius 3 is 2.75 bits per heavy atom. The van der Waals surface area contributed by atoms with Crippen LogP contribution < -0.4 is 4.90 Å². The molecule has 4 rings (SSSR count). The Bertz CT molecular complexity index is 1070. The number of rotatable bonds is 5. The number of benzene rings is 1. The van der Waals surface area contributed by atoms with Gasteiger partial charge in [-0.25, -0.2) is 0 Å². The smallest absolute Gasteiger partial charge is 0.234 e. The number of amides is 1. The molecule has 1 N–H and O–H groups in total. The van der Waals surface area contributed by atoms with E-state index in [-0.39, 0.29) is 11.8 Å². The van der Waals surface area contributed by atoms with Gasteiger partial charge in [-0.1, -0.05) is 26.0 Å². The molecular weight excluding hydrogens is 418 g/mol. The second-order valence-electron chi connectivity index (χ2n) is 8.95. The van der Waals surface area contributed by atoms with E-state index in [1.807, 2.05) is 49.2 Å². The number of carbonyl (C=O) groups is 1. The van der Waals surface area contributed by atoms with Gasteiger partial charge in [-0.2, -0.15) is 0 Å². The Kier molecular flexibility index (Phi) is 6.70. The highest BCUT2D eigenvalue weighted by molar-refractivity contribution is 8.03. The fourth-order valence-corrected chi connectivity index (χ4v) is 5.37. The minimum atomic E-state index is -0.268. The Labute approximate surface area is 194 Å². The van der Waals surface area contributed by atoms with Crippen LogP contribution in [-0.2, 0) is 11.2 Å². The molecule has 6 heteroatoms. The number of aromatic nitrogens is 1. The summed E-state index contributed by atoms with van der Waals surface area (Å²) in [6, 6.07) is 9.56. The molecule has 0 spiro atoms. The van der Waals surface area contributed by atoms with Crippen LogP contribution in [0.2, 0.25) is 0 Å². The lowest BCUT2D eigenvalue weighted by molar-refractivity contribution is -0.120. The molecule has 1 aliphatic heterocycles. The van der Waals surface area contributed by atoms with Crippen molar-refractivity contribution >= 4 is 29.1 Å². The monoisotopic (exact) mass is 449 g/mol. The van der Waals surface area contributed by atoms with Crippen molar-refractivity contribution in [2.24, 2.45) is 4.99 Å². The summed E-state index contributed by atoms with van der Waals surface area (Å²) in [7, 11) is 0. The summed E-state index contributed by atoms with van der Waals surface area (Å²) in [6.07, 6.45) is 4.30. The molecule has 1 aromatic heterocycles. The van der Waals surface area contributed by atoms with Gasteiger partial charge < -0.3 is 10.0 Å². The van der Waals surface area contributed by atoms with E-state index in [1.165, 1.54) is 0 Å². The summed E-state index contributed by atoms with van der Waals surface area (Å²) >= 11 is 1.76. The van der Waals surface area contributed by atoms with Crippen LogP contribution in [0.4, 0.5) is 5.69 Å². The second kappa shape index (κ2) is 9.49. The summed E-state index contributed by atoms with van der Waals surface area (Å²) in [4.78, 5) is 26.2. The van der Waals surface area contributed by atoms with E-state index in [9.17, 15) is 9.90 Å². The lowest BCUT2D eigenvalue weighted by Crippen LogP contribution is -2.38. The van der Waals surface area contributed by atoms with Crippen LogP contribution >= 0.6 is 11.8 Å². The van der Waals surface area contributed by atoms with Crippen molar-refractivity contribution in [3.63, 3.8) is 0 Å². The average Bonchev–Trinajstić information content (AvgIpc) is 2.78. The summed E-state index contributed by atoms with van der Waals surface area (Å²) in [5, 5.41) is 10.4. The summed E-state index contributed by atoms with van der Waals surface area (Å²) in [5.74, 6) is 1.26. The highest BCUT2D eigenvalue weighted by atomic mass is 32.2. The van der Waals surface area contributed by atoms with Gasteiger partial charge in [0.25, 0.3) is 0 Å². The molecule has 5 nitrogen and oxygen atoms in total. The number of thioether (sulfide) groups is 1. The predicted molar refractivity (Wildman–Crippen MR) is 133 cm³/mol. The van der Waals surface area contributed by atoms with Gasteiger partial charge in [-0.15, -0.1) is 11.8 Å². The zero-order valence-corrected chi connectivity index (χ0v) is 20.1. The third kappa shape index (κ3) is 4.60. The Hall–Kier alpha value is -2.60. The Morgan fingerprint density at radius 1 is 1.25 bits per heavy atom. The number of phenols is 1. The van der Waals surface area contributed by atoms with Crippen LogP contribution in [-0.4, -0.2) is 34.0 Å². The number of anilines is 1. The number of aliphatic imine (C=N–C) groups is 1. The van der Waals surface area contributed by atoms with Crippen molar-refractivity contribution in [3.05, 3.63) is 64.0 Å². The number of pyridine rings is 1. The third-order valence-electron chi connectivity index (χ3n) is 6.24. The van der Waals surface area contributed by atoms with E-state index in [0.717, 1.165) is 63.8 Å². The van der Waals surface area contributed by atoms with Crippen molar-refractivity contribution < 1.29 is 9.90 Å². The molecule has 1 amide bonds. The molecule has 2 heterocycles. The SMILES string of the molecule is CC1=NC(C)=C(CN(C(=O)C2CCCc3c(O)cccc32)c2ccc(C(C)C)nc2)SC1. The largest absolute Gasteiger partial charge is 0.508 e. The first-order valence-electron chi connectivity index (χ1n) is 11.3. The van der Waals surface area contributed by atoms with E-state index >= 15 is 0 Å². The first-order valence-corrected chi connectivity index (χ1v) is 12.3. The molecule has 2 aliphatic rings. The number of carbonyl (C=O) groups excluding carboxylic acids is 1. The summed E-state index contributed by atoms with van der Waals surface area (Å²) in [6.45, 7) is 8.77. The van der Waals surface area contributed by atoms with Gasteiger partial charge in [0.1, 0.15) is 5.75 Å². The third-order valence-corrected chi connectivity index (χ3v) is 7.57. The first-order chi connectivity index (χ1) is 15.3. The summed E-state index contributed by atoms with van der Waals surface area (Å²) < 4.78 is 0. The molecule has 0 bridgehead atoms. The van der Waals surface area contributed by atoms with Crippen LogP contribution in [0.15, 0.2) is 52.1 Å². The number of hydrogen-bond acceptors (Lipinski definition) is 5. The average molecular weight is 450 g/mol. The van der Waals surface area contributed by atoms with Crippen molar-refractivity contribution in [1.29, 1.82) is 0 Å². The number of aromatic hydroxyl groups is 1. The van der Waals surface area contributed by atoms with Gasteiger partial charge in [-0.05, 0) is 68.4 Å². The molecule has 32 heavy (non-hydrogen) atoms. The van der Waals surface area contributed by atoms with Gasteiger partial charge in [0.05, 0.1) is 24.3 Å². The Morgan fingerprint density at radius 2 is 2.06 bits per heavy atom. The van der Waals surface area contributed by atoms with Crippen LogP contribution in [0.25, 0.3) is 0 Å². The molecule has 1 aliphatic carbocycles. The maximum absolute atomic E-state index is 14.0.